The molecule has 0 aromatic heterocycles. The zero-order chi connectivity index (χ0) is 12.9. The highest BCUT2D eigenvalue weighted by Crippen LogP contribution is 2.41. The molecule has 1 atom stereocenters. The summed E-state index contributed by atoms with van der Waals surface area (Å²) in [7, 11) is 0. The lowest BCUT2D eigenvalue weighted by Gasteiger charge is -2.26. The lowest BCUT2D eigenvalue weighted by molar-refractivity contribution is -0.142. The Labute approximate surface area is 106 Å². The number of carbonyl (C=O) groups excluding carboxylic acids is 1. The number of benzene rings is 1. The summed E-state index contributed by atoms with van der Waals surface area (Å²) in [6, 6.07) is 6.57. The summed E-state index contributed by atoms with van der Waals surface area (Å²) in [5.41, 5.74) is 0.565. The number of fused-ring (bicyclic) bond motifs is 1. The summed E-state index contributed by atoms with van der Waals surface area (Å²) >= 11 is 0. The molecule has 0 bridgehead atoms. The number of hydrogen-bond donors (Lipinski definition) is 0. The van der Waals surface area contributed by atoms with Crippen molar-refractivity contribution in [2.24, 2.45) is 5.41 Å². The highest BCUT2D eigenvalue weighted by molar-refractivity contribution is 5.84. The molecule has 1 aromatic carbocycles. The Hall–Kier alpha value is -1.42. The predicted octanol–water partition coefficient (Wildman–Crippen LogP) is 2.36. The van der Waals surface area contributed by atoms with Crippen LogP contribution in [0.15, 0.2) is 24.3 Å². The van der Waals surface area contributed by atoms with E-state index >= 15 is 0 Å². The first-order chi connectivity index (χ1) is 8.49. The second-order valence-electron chi connectivity index (χ2n) is 5.78. The lowest BCUT2D eigenvalue weighted by atomic mass is 9.92. The molecule has 2 aliphatic heterocycles. The van der Waals surface area contributed by atoms with E-state index in [-0.39, 0.29) is 23.2 Å². The van der Waals surface area contributed by atoms with E-state index in [4.69, 9.17) is 0 Å². The van der Waals surface area contributed by atoms with Crippen molar-refractivity contribution in [1.29, 1.82) is 0 Å². The molecule has 96 valence electrons. The standard InChI is InChI=1S/C14H17FN2O/c1-14(2)9-16-7-6-12(17(16)13(14)18)10-4-3-5-11(15)8-10/h3-5,8,12H,6-7,9H2,1-2H3. The molecule has 2 heterocycles. The first-order valence-corrected chi connectivity index (χ1v) is 6.33. The van der Waals surface area contributed by atoms with Crippen LogP contribution < -0.4 is 0 Å². The Morgan fingerprint density at radius 3 is 2.89 bits per heavy atom. The molecule has 3 rings (SSSR count). The van der Waals surface area contributed by atoms with E-state index in [9.17, 15) is 9.18 Å². The third-order valence-corrected chi connectivity index (χ3v) is 3.86. The van der Waals surface area contributed by atoms with Gasteiger partial charge in [0.2, 0.25) is 5.91 Å². The fraction of sp³-hybridized carbons (Fsp3) is 0.500. The van der Waals surface area contributed by atoms with Gasteiger partial charge in [-0.05, 0) is 38.0 Å². The van der Waals surface area contributed by atoms with Gasteiger partial charge in [-0.25, -0.2) is 9.40 Å². The minimum Gasteiger partial charge on any atom is -0.273 e. The smallest absolute Gasteiger partial charge is 0.244 e. The van der Waals surface area contributed by atoms with Crippen molar-refractivity contribution in [3.63, 3.8) is 0 Å². The van der Waals surface area contributed by atoms with Crippen molar-refractivity contribution in [1.82, 2.24) is 10.0 Å². The Morgan fingerprint density at radius 1 is 1.39 bits per heavy atom. The van der Waals surface area contributed by atoms with Crippen molar-refractivity contribution < 1.29 is 9.18 Å². The largest absolute Gasteiger partial charge is 0.273 e. The fourth-order valence-electron chi connectivity index (χ4n) is 2.98. The molecule has 0 saturated carbocycles. The van der Waals surface area contributed by atoms with E-state index in [1.165, 1.54) is 12.1 Å². The predicted molar refractivity (Wildman–Crippen MR) is 66.0 cm³/mol. The normalized spacial score (nSPS) is 26.7. The Bertz CT molecular complexity index is 500. The van der Waals surface area contributed by atoms with Crippen LogP contribution in [0.1, 0.15) is 31.9 Å². The first kappa shape index (κ1) is 11.7. The van der Waals surface area contributed by atoms with E-state index in [1.54, 1.807) is 6.07 Å². The van der Waals surface area contributed by atoms with Gasteiger partial charge >= 0.3 is 0 Å². The van der Waals surface area contributed by atoms with Gasteiger partial charge in [-0.15, -0.1) is 0 Å². The van der Waals surface area contributed by atoms with E-state index in [0.29, 0.717) is 0 Å². The van der Waals surface area contributed by atoms with Gasteiger partial charge in [0.15, 0.2) is 0 Å². The topological polar surface area (TPSA) is 23.6 Å². The maximum atomic E-state index is 13.3. The molecule has 0 spiro atoms. The number of halogens is 1. The van der Waals surface area contributed by atoms with E-state index in [2.05, 4.69) is 5.01 Å². The van der Waals surface area contributed by atoms with Crippen molar-refractivity contribution >= 4 is 5.91 Å². The number of hydrazine groups is 1. The Morgan fingerprint density at radius 2 is 2.17 bits per heavy atom. The first-order valence-electron chi connectivity index (χ1n) is 6.33. The minimum absolute atomic E-state index is 0.00465. The third kappa shape index (κ3) is 1.63. The van der Waals surface area contributed by atoms with Gasteiger partial charge in [-0.3, -0.25) is 9.80 Å². The summed E-state index contributed by atoms with van der Waals surface area (Å²) in [6.45, 7) is 5.57. The molecular formula is C14H17FN2O. The molecule has 0 radical (unpaired) electrons. The summed E-state index contributed by atoms with van der Waals surface area (Å²) in [5, 5.41) is 3.92. The van der Waals surface area contributed by atoms with Gasteiger partial charge in [0.1, 0.15) is 5.82 Å². The van der Waals surface area contributed by atoms with Gasteiger partial charge in [0, 0.05) is 13.1 Å². The maximum absolute atomic E-state index is 13.3. The average molecular weight is 248 g/mol. The second-order valence-corrected chi connectivity index (χ2v) is 5.78. The molecule has 3 nitrogen and oxygen atoms in total. The van der Waals surface area contributed by atoms with Crippen LogP contribution in [0.3, 0.4) is 0 Å². The lowest BCUT2D eigenvalue weighted by Crippen LogP contribution is -2.35. The molecule has 1 unspecified atom stereocenters. The number of carbonyl (C=O) groups is 1. The summed E-state index contributed by atoms with van der Waals surface area (Å²) in [6.07, 6.45) is 0.880. The van der Waals surface area contributed by atoms with Crippen LogP contribution in [0.2, 0.25) is 0 Å². The minimum atomic E-state index is -0.327. The van der Waals surface area contributed by atoms with Gasteiger partial charge < -0.3 is 0 Å². The molecule has 2 aliphatic rings. The van der Waals surface area contributed by atoms with Gasteiger partial charge in [0.05, 0.1) is 11.5 Å². The van der Waals surface area contributed by atoms with Crippen molar-refractivity contribution in [2.45, 2.75) is 26.3 Å². The number of hydrogen-bond acceptors (Lipinski definition) is 2. The molecule has 18 heavy (non-hydrogen) atoms. The van der Waals surface area contributed by atoms with Gasteiger partial charge in [0.25, 0.3) is 0 Å². The number of rotatable bonds is 1. The van der Waals surface area contributed by atoms with Gasteiger partial charge in [-0.1, -0.05) is 12.1 Å². The quantitative estimate of drug-likeness (QED) is 0.761. The summed E-state index contributed by atoms with van der Waals surface area (Å²) < 4.78 is 13.3. The molecule has 1 aromatic rings. The number of nitrogens with zero attached hydrogens (tertiary/aromatic N) is 2. The summed E-state index contributed by atoms with van der Waals surface area (Å²) in [4.78, 5) is 12.4. The zero-order valence-corrected chi connectivity index (χ0v) is 10.7. The van der Waals surface area contributed by atoms with Gasteiger partial charge in [-0.2, -0.15) is 0 Å². The van der Waals surface area contributed by atoms with Crippen molar-refractivity contribution in [2.75, 3.05) is 13.1 Å². The van der Waals surface area contributed by atoms with E-state index < -0.39 is 0 Å². The Kier molecular flexibility index (Phi) is 2.45. The molecule has 0 N–H and O–H groups in total. The van der Waals surface area contributed by atoms with Crippen LogP contribution in [-0.4, -0.2) is 29.0 Å². The monoisotopic (exact) mass is 248 g/mol. The molecule has 4 heteroatoms. The van der Waals surface area contributed by atoms with E-state index in [1.807, 2.05) is 24.9 Å². The zero-order valence-electron chi connectivity index (χ0n) is 10.7. The van der Waals surface area contributed by atoms with Crippen LogP contribution in [0.25, 0.3) is 0 Å². The maximum Gasteiger partial charge on any atom is 0.244 e. The molecule has 1 amide bonds. The fourth-order valence-corrected chi connectivity index (χ4v) is 2.98. The van der Waals surface area contributed by atoms with Crippen LogP contribution in [-0.2, 0) is 4.79 Å². The van der Waals surface area contributed by atoms with Crippen molar-refractivity contribution in [3.05, 3.63) is 35.6 Å². The SMILES string of the molecule is CC1(C)CN2CCC(c3cccc(F)c3)N2C1=O. The number of amides is 1. The molecule has 2 fully saturated rings. The van der Waals surface area contributed by atoms with Crippen molar-refractivity contribution in [3.8, 4) is 0 Å². The van der Waals surface area contributed by atoms with Crippen LogP contribution in [0, 0.1) is 11.2 Å². The highest BCUT2D eigenvalue weighted by atomic mass is 19.1. The van der Waals surface area contributed by atoms with E-state index in [0.717, 1.165) is 25.1 Å². The molecule has 2 saturated heterocycles. The van der Waals surface area contributed by atoms with Crippen LogP contribution in [0.5, 0.6) is 0 Å². The third-order valence-electron chi connectivity index (χ3n) is 3.86. The van der Waals surface area contributed by atoms with Crippen LogP contribution in [0.4, 0.5) is 4.39 Å². The average Bonchev–Trinajstić information content (AvgIpc) is 2.79. The summed E-state index contributed by atoms with van der Waals surface area (Å²) in [5.74, 6) is -0.0916. The molecule has 0 aliphatic carbocycles. The van der Waals surface area contributed by atoms with Crippen LogP contribution >= 0.6 is 0 Å². The molecular weight excluding hydrogens is 231 g/mol. The Balaban J connectivity index is 1.94. The highest BCUT2D eigenvalue weighted by Gasteiger charge is 2.50. The second kappa shape index (κ2) is 3.79.